The predicted octanol–water partition coefficient (Wildman–Crippen LogP) is 4.49. The van der Waals surface area contributed by atoms with Gasteiger partial charge in [-0.2, -0.15) is 0 Å². The lowest BCUT2D eigenvalue weighted by Crippen LogP contribution is -2.15. The van der Waals surface area contributed by atoms with Crippen LogP contribution in [0.4, 0.5) is 0 Å². The Morgan fingerprint density at radius 2 is 1.96 bits per heavy atom. The zero-order valence-corrected chi connectivity index (χ0v) is 14.6. The Balaban J connectivity index is 1.77. The number of fused-ring (bicyclic) bond motifs is 2. The van der Waals surface area contributed by atoms with Crippen molar-refractivity contribution in [2.45, 2.75) is 77.1 Å². The minimum atomic E-state index is -0.229. The molecular formula is C20H28O3. The van der Waals surface area contributed by atoms with Crippen molar-refractivity contribution in [1.82, 2.24) is 0 Å². The van der Waals surface area contributed by atoms with Gasteiger partial charge in [0.1, 0.15) is 6.10 Å². The third-order valence-electron chi connectivity index (χ3n) is 5.62. The number of esters is 1. The van der Waals surface area contributed by atoms with E-state index in [2.05, 4.69) is 39.5 Å². The van der Waals surface area contributed by atoms with Crippen LogP contribution in [0.1, 0.15) is 59.3 Å². The zero-order chi connectivity index (χ0) is 16.6. The molecule has 0 bridgehead atoms. The fourth-order valence-corrected chi connectivity index (χ4v) is 3.81. The molecule has 2 aliphatic heterocycles. The van der Waals surface area contributed by atoms with Crippen LogP contribution in [0.25, 0.3) is 0 Å². The summed E-state index contributed by atoms with van der Waals surface area (Å²) in [5.74, 6) is -0.112. The van der Waals surface area contributed by atoms with Gasteiger partial charge in [-0.3, -0.25) is 0 Å². The number of rotatable bonds is 0. The summed E-state index contributed by atoms with van der Waals surface area (Å²) >= 11 is 0. The van der Waals surface area contributed by atoms with E-state index >= 15 is 0 Å². The number of ether oxygens (including phenoxy) is 2. The first kappa shape index (κ1) is 16.5. The molecule has 0 spiro atoms. The van der Waals surface area contributed by atoms with Gasteiger partial charge in [0.05, 0.1) is 11.7 Å². The van der Waals surface area contributed by atoms with Gasteiger partial charge in [0.2, 0.25) is 0 Å². The normalized spacial score (nSPS) is 43.2. The Morgan fingerprint density at radius 1 is 1.22 bits per heavy atom. The first-order valence-electron chi connectivity index (χ1n) is 8.79. The molecule has 0 saturated carbocycles. The van der Waals surface area contributed by atoms with E-state index < -0.39 is 0 Å². The third kappa shape index (κ3) is 3.60. The highest BCUT2D eigenvalue weighted by atomic mass is 16.6. The van der Waals surface area contributed by atoms with Crippen LogP contribution < -0.4 is 0 Å². The molecule has 2 heterocycles. The van der Waals surface area contributed by atoms with Crippen LogP contribution in [0.15, 0.2) is 35.5 Å². The highest BCUT2D eigenvalue weighted by Crippen LogP contribution is 2.44. The molecule has 0 aromatic rings. The van der Waals surface area contributed by atoms with Gasteiger partial charge in [-0.15, -0.1) is 0 Å². The second-order valence-corrected chi connectivity index (χ2v) is 7.60. The molecule has 2 fully saturated rings. The van der Waals surface area contributed by atoms with E-state index in [4.69, 9.17) is 9.47 Å². The monoisotopic (exact) mass is 316 g/mol. The fourth-order valence-electron chi connectivity index (χ4n) is 3.81. The Labute approximate surface area is 139 Å². The SMILES string of the molecule is C=C1C(=O)O[C@H]2/C=C(\C)CC[C@H]3O[C@]3(C)CC/C=C(\C)CCC12. The topological polar surface area (TPSA) is 38.8 Å². The lowest BCUT2D eigenvalue weighted by molar-refractivity contribution is -0.137. The Hall–Kier alpha value is -1.35. The Bertz CT molecular complexity index is 571. The molecule has 23 heavy (non-hydrogen) atoms. The Kier molecular flexibility index (Phi) is 4.50. The predicted molar refractivity (Wildman–Crippen MR) is 91.0 cm³/mol. The zero-order valence-electron chi connectivity index (χ0n) is 14.6. The maximum atomic E-state index is 11.9. The number of hydrogen-bond donors (Lipinski definition) is 0. The van der Waals surface area contributed by atoms with E-state index in [1.54, 1.807) is 0 Å². The Morgan fingerprint density at radius 3 is 2.74 bits per heavy atom. The van der Waals surface area contributed by atoms with Crippen molar-refractivity contribution in [3.63, 3.8) is 0 Å². The third-order valence-corrected chi connectivity index (χ3v) is 5.62. The van der Waals surface area contributed by atoms with Gasteiger partial charge in [-0.25, -0.2) is 4.79 Å². The van der Waals surface area contributed by atoms with Crippen LogP contribution in [0, 0.1) is 5.92 Å². The molecule has 126 valence electrons. The molecule has 1 unspecified atom stereocenters. The average Bonchev–Trinajstić information content (AvgIpc) is 3.06. The van der Waals surface area contributed by atoms with Gasteiger partial charge >= 0.3 is 5.97 Å². The molecule has 2 saturated heterocycles. The summed E-state index contributed by atoms with van der Waals surface area (Å²) in [5, 5.41) is 0. The van der Waals surface area contributed by atoms with Gasteiger partial charge in [-0.05, 0) is 65.4 Å². The van der Waals surface area contributed by atoms with Crippen LogP contribution in [0.3, 0.4) is 0 Å². The lowest BCUT2D eigenvalue weighted by atomic mass is 9.88. The van der Waals surface area contributed by atoms with Gasteiger partial charge in [-0.1, -0.05) is 23.8 Å². The molecule has 0 N–H and O–H groups in total. The van der Waals surface area contributed by atoms with Crippen molar-refractivity contribution in [2.75, 3.05) is 0 Å². The number of carbonyl (C=O) groups excluding carboxylic acids is 1. The standard InChI is InChI=1S/C20H28O3/c1-13-6-5-11-20(4)18(23-20)10-8-14(2)12-17-16(9-7-13)15(3)19(21)22-17/h6,12,16-18H,3,5,7-11H2,1-2,4H3/b13-6+,14-12+/t16?,17-,18+,20+/m0/s1. The molecule has 4 atom stereocenters. The van der Waals surface area contributed by atoms with Gasteiger partial charge in [0.15, 0.2) is 0 Å². The van der Waals surface area contributed by atoms with Crippen molar-refractivity contribution in [3.05, 3.63) is 35.5 Å². The van der Waals surface area contributed by atoms with Gasteiger partial charge < -0.3 is 9.47 Å². The van der Waals surface area contributed by atoms with Crippen LogP contribution in [-0.2, 0) is 14.3 Å². The number of carbonyl (C=O) groups is 1. The molecule has 3 rings (SSSR count). The van der Waals surface area contributed by atoms with E-state index in [1.165, 1.54) is 11.1 Å². The summed E-state index contributed by atoms with van der Waals surface area (Å²) in [6.45, 7) is 10.5. The molecule has 3 aliphatic rings. The van der Waals surface area contributed by atoms with Crippen molar-refractivity contribution >= 4 is 5.97 Å². The highest BCUT2D eigenvalue weighted by molar-refractivity contribution is 5.91. The second kappa shape index (κ2) is 6.27. The first-order valence-corrected chi connectivity index (χ1v) is 8.79. The van der Waals surface area contributed by atoms with E-state index in [0.717, 1.165) is 38.5 Å². The summed E-state index contributed by atoms with van der Waals surface area (Å²) < 4.78 is 11.5. The maximum absolute atomic E-state index is 11.9. The minimum absolute atomic E-state index is 0.0673. The van der Waals surface area contributed by atoms with Crippen molar-refractivity contribution < 1.29 is 14.3 Å². The number of hydrogen-bond acceptors (Lipinski definition) is 3. The van der Waals surface area contributed by atoms with Gasteiger partial charge in [0.25, 0.3) is 0 Å². The summed E-state index contributed by atoms with van der Waals surface area (Å²) in [5.41, 5.74) is 3.37. The lowest BCUT2D eigenvalue weighted by Gasteiger charge is -2.16. The average molecular weight is 316 g/mol. The van der Waals surface area contributed by atoms with Crippen molar-refractivity contribution in [2.24, 2.45) is 5.92 Å². The fraction of sp³-hybridized carbons (Fsp3) is 0.650. The first-order chi connectivity index (χ1) is 10.9. The summed E-state index contributed by atoms with van der Waals surface area (Å²) in [6.07, 6.45) is 10.8. The smallest absolute Gasteiger partial charge is 0.334 e. The quantitative estimate of drug-likeness (QED) is 0.286. The summed E-state index contributed by atoms with van der Waals surface area (Å²) in [6, 6.07) is 0. The molecular weight excluding hydrogens is 288 g/mol. The number of epoxide rings is 1. The number of allylic oxidation sites excluding steroid dienone is 3. The van der Waals surface area contributed by atoms with E-state index in [9.17, 15) is 4.79 Å². The van der Waals surface area contributed by atoms with Crippen LogP contribution in [-0.4, -0.2) is 23.8 Å². The molecule has 0 aromatic heterocycles. The molecule has 3 heteroatoms. The molecule has 0 aromatic carbocycles. The van der Waals surface area contributed by atoms with Gasteiger partial charge in [0, 0.05) is 11.5 Å². The minimum Gasteiger partial charge on any atom is -0.454 e. The molecule has 0 radical (unpaired) electrons. The van der Waals surface area contributed by atoms with E-state index in [-0.39, 0.29) is 23.6 Å². The van der Waals surface area contributed by atoms with Crippen LogP contribution in [0.5, 0.6) is 0 Å². The summed E-state index contributed by atoms with van der Waals surface area (Å²) in [4.78, 5) is 11.9. The van der Waals surface area contributed by atoms with Crippen molar-refractivity contribution in [3.8, 4) is 0 Å². The van der Waals surface area contributed by atoms with E-state index in [1.807, 2.05) is 0 Å². The van der Waals surface area contributed by atoms with Crippen molar-refractivity contribution in [1.29, 1.82) is 0 Å². The van der Waals surface area contributed by atoms with E-state index in [0.29, 0.717) is 11.7 Å². The highest BCUT2D eigenvalue weighted by Gasteiger charge is 2.50. The largest absolute Gasteiger partial charge is 0.454 e. The molecule has 0 amide bonds. The molecule has 3 nitrogen and oxygen atoms in total. The summed E-state index contributed by atoms with van der Waals surface area (Å²) in [7, 11) is 0. The van der Waals surface area contributed by atoms with Crippen LogP contribution >= 0.6 is 0 Å². The van der Waals surface area contributed by atoms with Crippen LogP contribution in [0.2, 0.25) is 0 Å². The molecule has 1 aliphatic carbocycles. The maximum Gasteiger partial charge on any atom is 0.334 e. The second-order valence-electron chi connectivity index (χ2n) is 7.60.